The van der Waals surface area contributed by atoms with Crippen molar-refractivity contribution in [1.29, 1.82) is 0 Å². The highest BCUT2D eigenvalue weighted by Crippen LogP contribution is 2.16. The largest absolute Gasteiger partial charge is 0.368 e. The molecular weight excluding hydrogens is 349 g/mol. The van der Waals surface area contributed by atoms with Gasteiger partial charge in [0, 0.05) is 31.7 Å². The zero-order valence-electron chi connectivity index (χ0n) is 15.1. The Bertz CT molecular complexity index is 804. The standard InChI is InChI=1S/C19H22FN5O2/c1-24-7-9-25(10-8-24)16-5-6-17(21-12-16)23-18(26)13-22-19(27)14-3-2-4-15(20)11-14/h2-6,11-12H,7-10,13H2,1H3,(H,22,27)(H,21,23,26). The Kier molecular flexibility index (Phi) is 5.97. The molecule has 27 heavy (non-hydrogen) atoms. The number of likely N-dealkylation sites (N-methyl/N-ethyl adjacent to an activating group) is 1. The second-order valence-corrected chi connectivity index (χ2v) is 6.43. The van der Waals surface area contributed by atoms with Gasteiger partial charge in [0.15, 0.2) is 0 Å². The fourth-order valence-corrected chi connectivity index (χ4v) is 2.79. The fraction of sp³-hybridized carbons (Fsp3) is 0.316. The van der Waals surface area contributed by atoms with Gasteiger partial charge in [0.2, 0.25) is 5.91 Å². The predicted octanol–water partition coefficient (Wildman–Crippen LogP) is 1.34. The molecule has 7 nitrogen and oxygen atoms in total. The molecule has 0 aliphatic carbocycles. The number of benzene rings is 1. The van der Waals surface area contributed by atoms with Crippen LogP contribution in [0.2, 0.25) is 0 Å². The maximum atomic E-state index is 13.1. The molecule has 8 heteroatoms. The molecule has 1 aromatic carbocycles. The van der Waals surface area contributed by atoms with Crippen LogP contribution >= 0.6 is 0 Å². The highest BCUT2D eigenvalue weighted by molar-refractivity contribution is 5.99. The number of piperazine rings is 1. The van der Waals surface area contributed by atoms with E-state index in [4.69, 9.17) is 0 Å². The summed E-state index contributed by atoms with van der Waals surface area (Å²) in [6.45, 7) is 3.66. The third-order valence-corrected chi connectivity index (χ3v) is 4.38. The predicted molar refractivity (Wildman–Crippen MR) is 101 cm³/mol. The average Bonchev–Trinajstić information content (AvgIpc) is 2.67. The summed E-state index contributed by atoms with van der Waals surface area (Å²) in [6, 6.07) is 8.94. The molecule has 1 aromatic heterocycles. The summed E-state index contributed by atoms with van der Waals surface area (Å²) in [4.78, 5) is 32.7. The van der Waals surface area contributed by atoms with Crippen molar-refractivity contribution in [3.05, 3.63) is 54.0 Å². The SMILES string of the molecule is CN1CCN(c2ccc(NC(=O)CNC(=O)c3cccc(F)c3)nc2)CC1. The molecule has 2 amide bonds. The van der Waals surface area contributed by atoms with Crippen LogP contribution in [0.3, 0.4) is 0 Å². The molecule has 2 N–H and O–H groups in total. The summed E-state index contributed by atoms with van der Waals surface area (Å²) in [5, 5.41) is 5.09. The molecule has 0 radical (unpaired) electrons. The third kappa shape index (κ3) is 5.24. The highest BCUT2D eigenvalue weighted by Gasteiger charge is 2.15. The molecule has 3 rings (SSSR count). The Morgan fingerprint density at radius 2 is 1.93 bits per heavy atom. The topological polar surface area (TPSA) is 77.6 Å². The van der Waals surface area contributed by atoms with E-state index in [1.807, 2.05) is 6.07 Å². The van der Waals surface area contributed by atoms with Crippen molar-refractivity contribution >= 4 is 23.3 Å². The fourth-order valence-electron chi connectivity index (χ4n) is 2.79. The number of pyridine rings is 1. The third-order valence-electron chi connectivity index (χ3n) is 4.38. The normalized spacial score (nSPS) is 14.7. The maximum absolute atomic E-state index is 13.1. The molecule has 0 spiro atoms. The highest BCUT2D eigenvalue weighted by atomic mass is 19.1. The summed E-state index contributed by atoms with van der Waals surface area (Å²) >= 11 is 0. The molecule has 0 bridgehead atoms. The van der Waals surface area contributed by atoms with Crippen LogP contribution in [0.15, 0.2) is 42.6 Å². The maximum Gasteiger partial charge on any atom is 0.251 e. The molecule has 0 unspecified atom stereocenters. The lowest BCUT2D eigenvalue weighted by atomic mass is 10.2. The van der Waals surface area contributed by atoms with Gasteiger partial charge < -0.3 is 20.4 Å². The van der Waals surface area contributed by atoms with Gasteiger partial charge >= 0.3 is 0 Å². The van der Waals surface area contributed by atoms with Crippen molar-refractivity contribution in [1.82, 2.24) is 15.2 Å². The second-order valence-electron chi connectivity index (χ2n) is 6.43. The Morgan fingerprint density at radius 3 is 2.59 bits per heavy atom. The van der Waals surface area contributed by atoms with Crippen molar-refractivity contribution in [2.75, 3.05) is 50.0 Å². The first kappa shape index (κ1) is 18.8. The number of carbonyl (C=O) groups is 2. The van der Waals surface area contributed by atoms with Gasteiger partial charge in [0.1, 0.15) is 11.6 Å². The number of hydrogen-bond donors (Lipinski definition) is 2. The van der Waals surface area contributed by atoms with Crippen LogP contribution in [-0.4, -0.2) is 61.5 Å². The molecule has 2 heterocycles. The average molecular weight is 371 g/mol. The van der Waals surface area contributed by atoms with Crippen molar-refractivity contribution in [2.45, 2.75) is 0 Å². The van der Waals surface area contributed by atoms with Gasteiger partial charge in [-0.15, -0.1) is 0 Å². The molecule has 2 aromatic rings. The van der Waals surface area contributed by atoms with E-state index in [0.717, 1.165) is 37.9 Å². The molecule has 1 aliphatic heterocycles. The Morgan fingerprint density at radius 1 is 1.15 bits per heavy atom. The van der Waals surface area contributed by atoms with E-state index in [-0.39, 0.29) is 12.1 Å². The Hall–Kier alpha value is -3.00. The minimum Gasteiger partial charge on any atom is -0.368 e. The van der Waals surface area contributed by atoms with E-state index < -0.39 is 17.6 Å². The molecule has 142 valence electrons. The number of hydrogen-bond acceptors (Lipinski definition) is 5. The number of nitrogens with one attached hydrogen (secondary N) is 2. The second kappa shape index (κ2) is 8.59. The van der Waals surface area contributed by atoms with Crippen molar-refractivity contribution < 1.29 is 14.0 Å². The molecule has 0 atom stereocenters. The zero-order chi connectivity index (χ0) is 19.2. The lowest BCUT2D eigenvalue weighted by molar-refractivity contribution is -0.115. The quantitative estimate of drug-likeness (QED) is 0.830. The molecular formula is C19H22FN5O2. The smallest absolute Gasteiger partial charge is 0.251 e. The minimum absolute atomic E-state index is 0.164. The van der Waals surface area contributed by atoms with Crippen LogP contribution in [0.25, 0.3) is 0 Å². The van der Waals surface area contributed by atoms with Gasteiger partial charge in [-0.05, 0) is 37.4 Å². The van der Waals surface area contributed by atoms with E-state index in [9.17, 15) is 14.0 Å². The number of halogens is 1. The lowest BCUT2D eigenvalue weighted by Crippen LogP contribution is -2.44. The first-order chi connectivity index (χ1) is 13.0. The van der Waals surface area contributed by atoms with Crippen molar-refractivity contribution in [2.24, 2.45) is 0 Å². The van der Waals surface area contributed by atoms with E-state index >= 15 is 0 Å². The number of anilines is 2. The monoisotopic (exact) mass is 371 g/mol. The molecule has 0 saturated carbocycles. The van der Waals surface area contributed by atoms with Gasteiger partial charge in [-0.3, -0.25) is 9.59 Å². The summed E-state index contributed by atoms with van der Waals surface area (Å²) in [6.07, 6.45) is 1.73. The van der Waals surface area contributed by atoms with E-state index in [1.165, 1.54) is 18.2 Å². The van der Waals surface area contributed by atoms with Gasteiger partial charge in [-0.25, -0.2) is 9.37 Å². The lowest BCUT2D eigenvalue weighted by Gasteiger charge is -2.33. The first-order valence-electron chi connectivity index (χ1n) is 8.74. The summed E-state index contributed by atoms with van der Waals surface area (Å²) in [5.74, 6) is -1.00. The Balaban J connectivity index is 1.48. The number of aromatic nitrogens is 1. The van der Waals surface area contributed by atoms with Crippen LogP contribution in [0.4, 0.5) is 15.9 Å². The van der Waals surface area contributed by atoms with Crippen molar-refractivity contribution in [3.8, 4) is 0 Å². The van der Waals surface area contributed by atoms with E-state index in [0.29, 0.717) is 5.82 Å². The minimum atomic E-state index is -0.511. The number of nitrogens with zero attached hydrogens (tertiary/aromatic N) is 3. The van der Waals surface area contributed by atoms with Gasteiger partial charge in [0.05, 0.1) is 18.4 Å². The first-order valence-corrected chi connectivity index (χ1v) is 8.74. The zero-order valence-corrected chi connectivity index (χ0v) is 15.1. The van der Waals surface area contributed by atoms with Crippen LogP contribution in [-0.2, 0) is 4.79 Å². The van der Waals surface area contributed by atoms with Crippen LogP contribution in [0, 0.1) is 5.82 Å². The van der Waals surface area contributed by atoms with Crippen LogP contribution in [0.5, 0.6) is 0 Å². The Labute approximate surface area is 157 Å². The summed E-state index contributed by atoms with van der Waals surface area (Å²) < 4.78 is 13.1. The van der Waals surface area contributed by atoms with E-state index in [1.54, 1.807) is 12.3 Å². The molecule has 1 saturated heterocycles. The van der Waals surface area contributed by atoms with E-state index in [2.05, 4.69) is 32.5 Å². The summed E-state index contributed by atoms with van der Waals surface area (Å²) in [5.41, 5.74) is 1.18. The van der Waals surface area contributed by atoms with Gasteiger partial charge in [-0.2, -0.15) is 0 Å². The van der Waals surface area contributed by atoms with Crippen molar-refractivity contribution in [3.63, 3.8) is 0 Å². The molecule has 1 fully saturated rings. The van der Waals surface area contributed by atoms with Crippen LogP contribution in [0.1, 0.15) is 10.4 Å². The molecule has 1 aliphatic rings. The number of carbonyl (C=O) groups excluding carboxylic acids is 2. The number of amides is 2. The summed E-state index contributed by atoms with van der Waals surface area (Å²) in [7, 11) is 2.10. The van der Waals surface area contributed by atoms with Crippen LogP contribution < -0.4 is 15.5 Å². The van der Waals surface area contributed by atoms with Gasteiger partial charge in [0.25, 0.3) is 5.91 Å². The van der Waals surface area contributed by atoms with Gasteiger partial charge in [-0.1, -0.05) is 6.07 Å². The number of rotatable bonds is 5.